The lowest BCUT2D eigenvalue weighted by Gasteiger charge is -2.48. The molecule has 0 saturated heterocycles. The van der Waals surface area contributed by atoms with Crippen LogP contribution in [0.1, 0.15) is 58.1 Å². The number of carbonyl (C=O) groups is 1. The first-order valence-corrected chi connectivity index (χ1v) is 10.6. The van der Waals surface area contributed by atoms with Crippen molar-refractivity contribution >= 4 is 5.97 Å². The first kappa shape index (κ1) is 21.4. The van der Waals surface area contributed by atoms with Gasteiger partial charge in [0, 0.05) is 6.92 Å². The molecule has 3 nitrogen and oxygen atoms in total. The van der Waals surface area contributed by atoms with Gasteiger partial charge in [0.25, 0.3) is 0 Å². The van der Waals surface area contributed by atoms with Gasteiger partial charge in [0.05, 0.1) is 7.11 Å². The molecule has 2 atom stereocenters. The zero-order chi connectivity index (χ0) is 21.1. The Bertz CT molecular complexity index is 820. The zero-order valence-corrected chi connectivity index (χ0v) is 18.5. The zero-order valence-electron chi connectivity index (χ0n) is 18.5. The molecule has 29 heavy (non-hydrogen) atoms. The van der Waals surface area contributed by atoms with E-state index in [9.17, 15) is 4.79 Å². The Morgan fingerprint density at radius 2 is 1.45 bits per heavy atom. The van der Waals surface area contributed by atoms with Crippen LogP contribution in [0.4, 0.5) is 0 Å². The van der Waals surface area contributed by atoms with Crippen LogP contribution in [0, 0.1) is 16.7 Å². The summed E-state index contributed by atoms with van der Waals surface area (Å²) in [6.45, 7) is 8.65. The lowest BCUT2D eigenvalue weighted by atomic mass is 9.57. The van der Waals surface area contributed by atoms with E-state index in [2.05, 4.69) is 57.2 Å². The Hall–Kier alpha value is -2.29. The fourth-order valence-corrected chi connectivity index (χ4v) is 5.70. The number of hydrogen-bond acceptors (Lipinski definition) is 3. The van der Waals surface area contributed by atoms with E-state index in [-0.39, 0.29) is 11.4 Å². The monoisotopic (exact) mass is 394 g/mol. The van der Waals surface area contributed by atoms with Gasteiger partial charge in [-0.3, -0.25) is 4.79 Å². The number of esters is 1. The van der Waals surface area contributed by atoms with Crippen molar-refractivity contribution in [3.63, 3.8) is 0 Å². The smallest absolute Gasteiger partial charge is 0.308 e. The topological polar surface area (TPSA) is 35.5 Å². The second kappa shape index (κ2) is 8.61. The molecule has 0 radical (unpaired) electrons. The molecule has 0 aromatic heterocycles. The lowest BCUT2D eigenvalue weighted by Crippen LogP contribution is -2.40. The van der Waals surface area contributed by atoms with E-state index in [0.717, 1.165) is 18.6 Å². The van der Waals surface area contributed by atoms with Crippen LogP contribution in [0.15, 0.2) is 48.5 Å². The van der Waals surface area contributed by atoms with Gasteiger partial charge in [-0.2, -0.15) is 0 Å². The summed E-state index contributed by atoms with van der Waals surface area (Å²) in [5, 5.41) is 0. The van der Waals surface area contributed by atoms with Gasteiger partial charge in [-0.15, -0.1) is 0 Å². The second-order valence-corrected chi connectivity index (χ2v) is 9.79. The molecule has 2 aromatic rings. The molecule has 1 aliphatic rings. The Morgan fingerprint density at radius 1 is 0.931 bits per heavy atom. The maximum absolute atomic E-state index is 11.2. The predicted octanol–water partition coefficient (Wildman–Crippen LogP) is 6.24. The van der Waals surface area contributed by atoms with Crippen LogP contribution < -0.4 is 9.47 Å². The molecular formula is C26H34O3. The molecule has 1 aliphatic carbocycles. The van der Waals surface area contributed by atoms with Crippen LogP contribution in [0.2, 0.25) is 0 Å². The molecule has 3 rings (SSSR count). The molecule has 1 saturated carbocycles. The molecule has 0 heterocycles. The Kier molecular flexibility index (Phi) is 6.36. The van der Waals surface area contributed by atoms with E-state index in [1.54, 1.807) is 7.11 Å². The summed E-state index contributed by atoms with van der Waals surface area (Å²) in [6.07, 6.45) is 5.82. The molecule has 0 amide bonds. The predicted molar refractivity (Wildman–Crippen MR) is 117 cm³/mol. The molecule has 2 aromatic carbocycles. The third-order valence-corrected chi connectivity index (χ3v) is 6.04. The van der Waals surface area contributed by atoms with Crippen molar-refractivity contribution < 1.29 is 14.3 Å². The SMILES string of the molecule is COc1ccc(CC2(Cc3ccc(OC(C)=O)cc3)CC(C)CC(C)(C)C2)cc1. The minimum atomic E-state index is -0.281. The van der Waals surface area contributed by atoms with Crippen LogP contribution in [-0.2, 0) is 17.6 Å². The molecule has 2 unspecified atom stereocenters. The normalized spacial score (nSPS) is 23.4. The molecule has 1 fully saturated rings. The van der Waals surface area contributed by atoms with Crippen molar-refractivity contribution in [1.29, 1.82) is 0 Å². The molecular weight excluding hydrogens is 360 g/mol. The summed E-state index contributed by atoms with van der Waals surface area (Å²) >= 11 is 0. The summed E-state index contributed by atoms with van der Waals surface area (Å²) in [5.41, 5.74) is 3.23. The second-order valence-electron chi connectivity index (χ2n) is 9.79. The van der Waals surface area contributed by atoms with E-state index in [4.69, 9.17) is 9.47 Å². The summed E-state index contributed by atoms with van der Waals surface area (Å²) in [6, 6.07) is 16.6. The van der Waals surface area contributed by atoms with Crippen molar-refractivity contribution in [3.8, 4) is 11.5 Å². The van der Waals surface area contributed by atoms with Gasteiger partial charge in [0.15, 0.2) is 0 Å². The van der Waals surface area contributed by atoms with Crippen LogP contribution >= 0.6 is 0 Å². The Morgan fingerprint density at radius 3 is 1.90 bits per heavy atom. The maximum Gasteiger partial charge on any atom is 0.308 e. The van der Waals surface area contributed by atoms with Gasteiger partial charge in [-0.1, -0.05) is 45.0 Å². The lowest BCUT2D eigenvalue weighted by molar-refractivity contribution is -0.131. The van der Waals surface area contributed by atoms with Crippen LogP contribution in [-0.4, -0.2) is 13.1 Å². The molecule has 0 spiro atoms. The van der Waals surface area contributed by atoms with E-state index >= 15 is 0 Å². The summed E-state index contributed by atoms with van der Waals surface area (Å²) in [7, 11) is 1.71. The minimum Gasteiger partial charge on any atom is -0.497 e. The van der Waals surface area contributed by atoms with Gasteiger partial charge in [-0.25, -0.2) is 0 Å². The van der Waals surface area contributed by atoms with Crippen molar-refractivity contribution in [2.75, 3.05) is 7.11 Å². The Balaban J connectivity index is 1.86. The van der Waals surface area contributed by atoms with E-state index in [1.165, 1.54) is 37.3 Å². The van der Waals surface area contributed by atoms with E-state index in [1.807, 2.05) is 12.1 Å². The van der Waals surface area contributed by atoms with Gasteiger partial charge >= 0.3 is 5.97 Å². The number of hydrogen-bond donors (Lipinski definition) is 0. The highest BCUT2D eigenvalue weighted by molar-refractivity contribution is 5.69. The standard InChI is InChI=1S/C26H34O3/c1-19-14-25(3,4)18-26(15-19,16-21-6-10-23(28-5)11-7-21)17-22-8-12-24(13-9-22)29-20(2)27/h6-13,19H,14-18H2,1-5H3. The number of methoxy groups -OCH3 is 1. The third kappa shape index (κ3) is 5.85. The highest BCUT2D eigenvalue weighted by Gasteiger charge is 2.42. The minimum absolute atomic E-state index is 0.221. The first-order valence-electron chi connectivity index (χ1n) is 10.6. The molecule has 0 bridgehead atoms. The van der Waals surface area contributed by atoms with Crippen LogP contribution in [0.5, 0.6) is 11.5 Å². The number of benzene rings is 2. The van der Waals surface area contributed by atoms with Gasteiger partial charge < -0.3 is 9.47 Å². The number of ether oxygens (including phenoxy) is 2. The largest absolute Gasteiger partial charge is 0.497 e. The van der Waals surface area contributed by atoms with Gasteiger partial charge in [-0.05, 0) is 84.2 Å². The highest BCUT2D eigenvalue weighted by atomic mass is 16.5. The first-order chi connectivity index (χ1) is 13.7. The summed E-state index contributed by atoms with van der Waals surface area (Å²) in [4.78, 5) is 11.2. The summed E-state index contributed by atoms with van der Waals surface area (Å²) < 4.78 is 10.5. The fraction of sp³-hybridized carbons (Fsp3) is 0.500. The average Bonchev–Trinajstić information content (AvgIpc) is 2.61. The Labute approximate surface area is 175 Å². The maximum atomic E-state index is 11.2. The number of carbonyl (C=O) groups excluding carboxylic acids is 1. The quantitative estimate of drug-likeness (QED) is 0.430. The van der Waals surface area contributed by atoms with Crippen LogP contribution in [0.25, 0.3) is 0 Å². The fourth-order valence-electron chi connectivity index (χ4n) is 5.70. The summed E-state index contributed by atoms with van der Waals surface area (Å²) in [5.74, 6) is 1.94. The van der Waals surface area contributed by atoms with Crippen LogP contribution in [0.3, 0.4) is 0 Å². The van der Waals surface area contributed by atoms with Crippen molar-refractivity contribution in [3.05, 3.63) is 59.7 Å². The van der Waals surface area contributed by atoms with Crippen molar-refractivity contribution in [2.24, 2.45) is 16.7 Å². The van der Waals surface area contributed by atoms with E-state index in [0.29, 0.717) is 17.1 Å². The highest BCUT2D eigenvalue weighted by Crippen LogP contribution is 2.52. The molecule has 0 N–H and O–H groups in total. The van der Waals surface area contributed by atoms with Gasteiger partial charge in [0.2, 0.25) is 0 Å². The molecule has 156 valence electrons. The third-order valence-electron chi connectivity index (χ3n) is 6.04. The van der Waals surface area contributed by atoms with Crippen molar-refractivity contribution in [2.45, 2.75) is 59.8 Å². The van der Waals surface area contributed by atoms with E-state index < -0.39 is 0 Å². The average molecular weight is 395 g/mol. The number of rotatable bonds is 6. The van der Waals surface area contributed by atoms with Crippen molar-refractivity contribution in [1.82, 2.24) is 0 Å². The van der Waals surface area contributed by atoms with Gasteiger partial charge in [0.1, 0.15) is 11.5 Å². The molecule has 0 aliphatic heterocycles. The molecule has 3 heteroatoms.